The summed E-state index contributed by atoms with van der Waals surface area (Å²) in [6, 6.07) is 0.609. The van der Waals surface area contributed by atoms with Crippen LogP contribution in [0, 0.1) is 5.92 Å². The number of unbranched alkanes of at least 4 members (excludes halogenated alkanes) is 3. The van der Waals surface area contributed by atoms with Crippen molar-refractivity contribution in [2.45, 2.75) is 77.7 Å². The fourth-order valence-corrected chi connectivity index (χ4v) is 4.94. The Balaban J connectivity index is 4.29. The zero-order valence-electron chi connectivity index (χ0n) is 13.0. The summed E-state index contributed by atoms with van der Waals surface area (Å²) in [6.07, 6.45) is 1.68. The van der Waals surface area contributed by atoms with Crippen LogP contribution < -0.4 is 0 Å². The zero-order chi connectivity index (χ0) is 15.8. The highest BCUT2D eigenvalue weighted by Crippen LogP contribution is 2.28. The molecule has 6 heteroatoms. The van der Waals surface area contributed by atoms with E-state index in [0.29, 0.717) is 12.0 Å². The van der Waals surface area contributed by atoms with Crippen LogP contribution in [0.15, 0.2) is 0 Å². The third kappa shape index (κ3) is 8.61. The third-order valence-electron chi connectivity index (χ3n) is 3.42. The SMILES string of the molecule is CCCCCCC(CC)C[Si](C)(C)OC(=O)C(F)(F)F. The lowest BCUT2D eigenvalue weighted by Gasteiger charge is -2.27. The van der Waals surface area contributed by atoms with Crippen molar-refractivity contribution in [3.63, 3.8) is 0 Å². The molecule has 20 heavy (non-hydrogen) atoms. The molecule has 0 spiro atoms. The molecule has 0 aliphatic carbocycles. The van der Waals surface area contributed by atoms with Crippen LogP contribution in [0.5, 0.6) is 0 Å². The van der Waals surface area contributed by atoms with Crippen molar-refractivity contribution in [2.75, 3.05) is 0 Å². The largest absolute Gasteiger partial charge is 0.513 e. The van der Waals surface area contributed by atoms with Crippen LogP contribution >= 0.6 is 0 Å². The first kappa shape index (κ1) is 19.5. The predicted molar refractivity (Wildman–Crippen MR) is 77.0 cm³/mol. The molecule has 0 rings (SSSR count). The van der Waals surface area contributed by atoms with Crippen LogP contribution in [-0.4, -0.2) is 20.5 Å². The minimum absolute atomic E-state index is 0.356. The molecule has 0 saturated carbocycles. The van der Waals surface area contributed by atoms with Gasteiger partial charge >= 0.3 is 12.1 Å². The smallest absolute Gasteiger partial charge is 0.489 e. The van der Waals surface area contributed by atoms with Gasteiger partial charge in [0.2, 0.25) is 8.32 Å². The lowest BCUT2D eigenvalue weighted by molar-refractivity contribution is -0.190. The molecule has 120 valence electrons. The van der Waals surface area contributed by atoms with E-state index in [9.17, 15) is 18.0 Å². The van der Waals surface area contributed by atoms with E-state index in [1.54, 1.807) is 13.1 Å². The van der Waals surface area contributed by atoms with E-state index in [1.807, 2.05) is 6.92 Å². The van der Waals surface area contributed by atoms with Crippen molar-refractivity contribution < 1.29 is 22.4 Å². The summed E-state index contributed by atoms with van der Waals surface area (Å²) < 4.78 is 41.4. The van der Waals surface area contributed by atoms with Crippen LogP contribution in [0.3, 0.4) is 0 Å². The van der Waals surface area contributed by atoms with Gasteiger partial charge < -0.3 is 4.43 Å². The average Bonchev–Trinajstić information content (AvgIpc) is 2.31. The lowest BCUT2D eigenvalue weighted by atomic mass is 10.0. The van der Waals surface area contributed by atoms with Crippen LogP contribution in [0.4, 0.5) is 13.2 Å². The molecule has 0 heterocycles. The van der Waals surface area contributed by atoms with Crippen LogP contribution in [0.1, 0.15) is 52.4 Å². The first-order valence-corrected chi connectivity index (χ1v) is 10.5. The van der Waals surface area contributed by atoms with E-state index in [-0.39, 0.29) is 0 Å². The lowest BCUT2D eigenvalue weighted by Crippen LogP contribution is -2.40. The molecule has 2 nitrogen and oxygen atoms in total. The Labute approximate surface area is 121 Å². The quantitative estimate of drug-likeness (QED) is 0.427. The summed E-state index contributed by atoms with van der Waals surface area (Å²) in [6.45, 7) is 7.56. The van der Waals surface area contributed by atoms with Gasteiger partial charge in [0.05, 0.1) is 0 Å². The van der Waals surface area contributed by atoms with Gasteiger partial charge in [-0.05, 0) is 25.1 Å². The van der Waals surface area contributed by atoms with Gasteiger partial charge in [-0.2, -0.15) is 13.2 Å². The molecule has 1 atom stereocenters. The third-order valence-corrected chi connectivity index (χ3v) is 5.72. The summed E-state index contributed by atoms with van der Waals surface area (Å²) in [7, 11) is -2.60. The maximum Gasteiger partial charge on any atom is 0.489 e. The standard InChI is InChI=1S/C14H27F3O2Si/c1-5-7-8-9-10-12(6-2)11-20(3,4)19-13(18)14(15,16)17/h12H,5-11H2,1-4H3. The molecule has 0 aromatic heterocycles. The predicted octanol–water partition coefficient (Wildman–Crippen LogP) is 5.29. The minimum Gasteiger partial charge on any atom is -0.513 e. The van der Waals surface area contributed by atoms with Gasteiger partial charge in [0.25, 0.3) is 0 Å². The zero-order valence-corrected chi connectivity index (χ0v) is 14.0. The molecular formula is C14H27F3O2Si. The summed E-state index contributed by atoms with van der Waals surface area (Å²) in [5.41, 5.74) is 0. The van der Waals surface area contributed by atoms with E-state index in [0.717, 1.165) is 25.7 Å². The molecule has 0 aliphatic heterocycles. The van der Waals surface area contributed by atoms with Crippen molar-refractivity contribution in [3.05, 3.63) is 0 Å². The maximum absolute atomic E-state index is 12.2. The van der Waals surface area contributed by atoms with Crippen molar-refractivity contribution in [1.82, 2.24) is 0 Å². The highest BCUT2D eigenvalue weighted by atomic mass is 28.4. The molecule has 1 unspecified atom stereocenters. The second kappa shape index (κ2) is 8.69. The first-order chi connectivity index (χ1) is 9.12. The van der Waals surface area contributed by atoms with Gasteiger partial charge in [0.1, 0.15) is 0 Å². The maximum atomic E-state index is 12.2. The molecule has 0 fully saturated rings. The van der Waals surface area contributed by atoms with Gasteiger partial charge in [-0.25, -0.2) is 4.79 Å². The molecule has 0 aromatic carbocycles. The van der Waals surface area contributed by atoms with Crippen LogP contribution in [0.2, 0.25) is 19.1 Å². The van der Waals surface area contributed by atoms with Crippen LogP contribution in [0.25, 0.3) is 0 Å². The molecule has 0 saturated heterocycles. The van der Waals surface area contributed by atoms with Crippen LogP contribution in [-0.2, 0) is 9.22 Å². The van der Waals surface area contributed by atoms with Crippen molar-refractivity contribution in [1.29, 1.82) is 0 Å². The molecule has 0 amide bonds. The van der Waals surface area contributed by atoms with E-state index >= 15 is 0 Å². The number of halogens is 3. The van der Waals surface area contributed by atoms with Crippen molar-refractivity contribution in [2.24, 2.45) is 5.92 Å². The number of hydrogen-bond acceptors (Lipinski definition) is 2. The first-order valence-electron chi connectivity index (χ1n) is 7.42. The highest BCUT2D eigenvalue weighted by molar-refractivity contribution is 6.72. The molecule has 0 bridgehead atoms. The monoisotopic (exact) mass is 312 g/mol. The Morgan fingerprint density at radius 1 is 1.15 bits per heavy atom. The van der Waals surface area contributed by atoms with E-state index in [4.69, 9.17) is 4.43 Å². The molecule has 0 radical (unpaired) electrons. The number of alkyl halides is 3. The molecular weight excluding hydrogens is 285 g/mol. The summed E-state index contributed by atoms with van der Waals surface area (Å²) in [5, 5.41) is 0. The molecule has 0 aromatic rings. The number of carbonyl (C=O) groups excluding carboxylic acids is 1. The van der Waals surface area contributed by atoms with Gasteiger partial charge in [0, 0.05) is 0 Å². The van der Waals surface area contributed by atoms with Gasteiger partial charge in [-0.1, -0.05) is 52.4 Å². The minimum atomic E-state index is -4.88. The fourth-order valence-electron chi connectivity index (χ4n) is 2.36. The topological polar surface area (TPSA) is 26.3 Å². The molecule has 0 N–H and O–H groups in total. The summed E-state index contributed by atoms with van der Waals surface area (Å²) in [5.74, 6) is -1.68. The van der Waals surface area contributed by atoms with Gasteiger partial charge in [-0.15, -0.1) is 0 Å². The fraction of sp³-hybridized carbons (Fsp3) is 0.929. The number of carbonyl (C=O) groups is 1. The van der Waals surface area contributed by atoms with E-state index < -0.39 is 20.5 Å². The average molecular weight is 312 g/mol. The van der Waals surface area contributed by atoms with Gasteiger partial charge in [0.15, 0.2) is 0 Å². The van der Waals surface area contributed by atoms with E-state index in [2.05, 4.69) is 6.92 Å². The summed E-state index contributed by atoms with van der Waals surface area (Å²) in [4.78, 5) is 10.9. The summed E-state index contributed by atoms with van der Waals surface area (Å²) >= 11 is 0. The normalized spacial score (nSPS) is 14.2. The Morgan fingerprint density at radius 2 is 1.75 bits per heavy atom. The Kier molecular flexibility index (Phi) is 8.47. The van der Waals surface area contributed by atoms with Crippen molar-refractivity contribution in [3.8, 4) is 0 Å². The Bertz CT molecular complexity index is 291. The molecule has 0 aliphatic rings. The highest BCUT2D eigenvalue weighted by Gasteiger charge is 2.44. The van der Waals surface area contributed by atoms with E-state index in [1.165, 1.54) is 12.8 Å². The second-order valence-corrected chi connectivity index (χ2v) is 10.1. The number of hydrogen-bond donors (Lipinski definition) is 0. The Morgan fingerprint density at radius 3 is 2.20 bits per heavy atom. The second-order valence-electron chi connectivity index (χ2n) is 5.97. The Hall–Kier alpha value is -0.523. The van der Waals surface area contributed by atoms with Gasteiger partial charge in [-0.3, -0.25) is 0 Å². The van der Waals surface area contributed by atoms with Crippen molar-refractivity contribution >= 4 is 14.3 Å². The number of rotatable bonds is 9.